The molecule has 8 heteroatoms. The summed E-state index contributed by atoms with van der Waals surface area (Å²) in [4.78, 5) is 18.3. The number of nitrogens with zero attached hydrogens (tertiary/aromatic N) is 5. The highest BCUT2D eigenvalue weighted by Crippen LogP contribution is 2.21. The molecule has 7 nitrogen and oxygen atoms in total. The van der Waals surface area contributed by atoms with Crippen LogP contribution in [0.2, 0.25) is 0 Å². The number of hydrogen-bond donors (Lipinski definition) is 0. The number of aromatic nitrogens is 4. The van der Waals surface area contributed by atoms with Crippen molar-refractivity contribution in [2.24, 2.45) is 13.0 Å². The van der Waals surface area contributed by atoms with Crippen molar-refractivity contribution in [2.75, 3.05) is 19.7 Å². The third-order valence-electron chi connectivity index (χ3n) is 4.84. The van der Waals surface area contributed by atoms with E-state index in [0.717, 1.165) is 6.42 Å². The Hall–Kier alpha value is -3.29. The van der Waals surface area contributed by atoms with Gasteiger partial charge in [-0.05, 0) is 24.6 Å². The van der Waals surface area contributed by atoms with E-state index in [1.165, 1.54) is 12.1 Å². The number of hydrogen-bond acceptors (Lipinski definition) is 5. The van der Waals surface area contributed by atoms with Crippen LogP contribution in [0.4, 0.5) is 4.39 Å². The Morgan fingerprint density at radius 1 is 1.29 bits per heavy atom. The summed E-state index contributed by atoms with van der Waals surface area (Å²) in [5.41, 5.74) is 1.83. The number of halogens is 1. The minimum atomic E-state index is -0.314. The lowest BCUT2D eigenvalue weighted by molar-refractivity contribution is 0.0773. The molecule has 3 aromatic rings. The van der Waals surface area contributed by atoms with Gasteiger partial charge in [-0.2, -0.15) is 0 Å². The molecule has 1 amide bonds. The number of aryl methyl sites for hydroxylation is 1. The second-order valence-electron chi connectivity index (χ2n) is 6.87. The summed E-state index contributed by atoms with van der Waals surface area (Å²) in [5.74, 6) is 0.325. The van der Waals surface area contributed by atoms with Crippen LogP contribution in [0.15, 0.2) is 48.9 Å². The number of carbonyl (C=O) groups excluding carboxylic acids is 1. The van der Waals surface area contributed by atoms with Crippen molar-refractivity contribution in [3.05, 3.63) is 60.4 Å². The van der Waals surface area contributed by atoms with E-state index in [0.29, 0.717) is 42.5 Å². The summed E-state index contributed by atoms with van der Waals surface area (Å²) in [6.07, 6.45) is 4.08. The summed E-state index contributed by atoms with van der Waals surface area (Å²) in [7, 11) is 1.81. The van der Waals surface area contributed by atoms with Gasteiger partial charge in [0.2, 0.25) is 5.88 Å². The zero-order valence-electron chi connectivity index (χ0n) is 15.5. The van der Waals surface area contributed by atoms with E-state index in [-0.39, 0.29) is 17.6 Å². The molecule has 0 N–H and O–H groups in total. The number of rotatable bonds is 5. The molecule has 0 radical (unpaired) electrons. The molecule has 1 saturated heterocycles. The lowest BCUT2D eigenvalue weighted by Crippen LogP contribution is -2.30. The lowest BCUT2D eigenvalue weighted by atomic mass is 10.1. The minimum Gasteiger partial charge on any atom is -0.476 e. The molecule has 3 heterocycles. The van der Waals surface area contributed by atoms with Crippen molar-refractivity contribution < 1.29 is 13.9 Å². The van der Waals surface area contributed by atoms with Crippen LogP contribution in [0.1, 0.15) is 16.9 Å². The molecular formula is C20H20FN5O2. The van der Waals surface area contributed by atoms with Gasteiger partial charge in [0.25, 0.3) is 5.91 Å². The number of likely N-dealkylation sites (tertiary alicyclic amines) is 1. The molecule has 1 aliphatic rings. The summed E-state index contributed by atoms with van der Waals surface area (Å²) in [5, 5.41) is 8.17. The number of imidazole rings is 1. The molecule has 1 aromatic carbocycles. The molecule has 144 valence electrons. The van der Waals surface area contributed by atoms with E-state index in [9.17, 15) is 9.18 Å². The number of amides is 1. The Morgan fingerprint density at radius 2 is 2.18 bits per heavy atom. The molecule has 28 heavy (non-hydrogen) atoms. The molecule has 0 aliphatic carbocycles. The van der Waals surface area contributed by atoms with E-state index in [1.807, 2.05) is 11.9 Å². The first-order valence-electron chi connectivity index (χ1n) is 9.08. The van der Waals surface area contributed by atoms with Crippen LogP contribution in [-0.2, 0) is 7.05 Å². The summed E-state index contributed by atoms with van der Waals surface area (Å²) < 4.78 is 20.8. The molecule has 2 aromatic heterocycles. The summed E-state index contributed by atoms with van der Waals surface area (Å²) in [6, 6.07) is 9.69. The first kappa shape index (κ1) is 18.1. The summed E-state index contributed by atoms with van der Waals surface area (Å²) in [6.45, 7) is 1.80. The molecular weight excluding hydrogens is 361 g/mol. The van der Waals surface area contributed by atoms with E-state index in [2.05, 4.69) is 15.2 Å². The van der Waals surface area contributed by atoms with Crippen LogP contribution in [-0.4, -0.2) is 50.3 Å². The molecule has 1 unspecified atom stereocenters. The van der Waals surface area contributed by atoms with E-state index in [1.54, 1.807) is 41.4 Å². The van der Waals surface area contributed by atoms with Gasteiger partial charge < -0.3 is 14.2 Å². The Kier molecular flexibility index (Phi) is 5.01. The number of ether oxygens (including phenoxy) is 1. The van der Waals surface area contributed by atoms with Gasteiger partial charge in [-0.3, -0.25) is 4.79 Å². The second kappa shape index (κ2) is 7.75. The number of carbonyl (C=O) groups is 1. The highest BCUT2D eigenvalue weighted by atomic mass is 19.1. The second-order valence-corrected chi connectivity index (χ2v) is 6.87. The Bertz CT molecular complexity index is 973. The van der Waals surface area contributed by atoms with Crippen LogP contribution in [0.5, 0.6) is 5.88 Å². The zero-order chi connectivity index (χ0) is 19.5. The minimum absolute atomic E-state index is 0.0123. The van der Waals surface area contributed by atoms with Gasteiger partial charge >= 0.3 is 0 Å². The van der Waals surface area contributed by atoms with E-state index >= 15 is 0 Å². The van der Waals surface area contributed by atoms with Crippen molar-refractivity contribution in [1.29, 1.82) is 0 Å². The van der Waals surface area contributed by atoms with Crippen molar-refractivity contribution >= 4 is 5.91 Å². The first-order chi connectivity index (χ1) is 13.6. The quantitative estimate of drug-likeness (QED) is 0.679. The fourth-order valence-electron chi connectivity index (χ4n) is 3.28. The average molecular weight is 381 g/mol. The molecule has 4 rings (SSSR count). The molecule has 0 spiro atoms. The van der Waals surface area contributed by atoms with Gasteiger partial charge in [0.05, 0.1) is 24.8 Å². The fraction of sp³-hybridized carbons (Fsp3) is 0.300. The van der Waals surface area contributed by atoms with Crippen molar-refractivity contribution in [3.8, 4) is 17.1 Å². The molecule has 1 fully saturated rings. The maximum Gasteiger partial charge on any atom is 0.272 e. The Labute approximate surface area is 161 Å². The maximum absolute atomic E-state index is 13.3. The van der Waals surface area contributed by atoms with Crippen LogP contribution >= 0.6 is 0 Å². The lowest BCUT2D eigenvalue weighted by Gasteiger charge is -2.16. The van der Waals surface area contributed by atoms with Crippen LogP contribution in [0.3, 0.4) is 0 Å². The normalized spacial score (nSPS) is 16.4. The highest BCUT2D eigenvalue weighted by molar-refractivity contribution is 5.92. The van der Waals surface area contributed by atoms with Gasteiger partial charge in [-0.25, -0.2) is 9.37 Å². The third kappa shape index (κ3) is 3.85. The van der Waals surface area contributed by atoms with Crippen molar-refractivity contribution in [2.45, 2.75) is 6.42 Å². The van der Waals surface area contributed by atoms with E-state index < -0.39 is 0 Å². The number of benzene rings is 1. The monoisotopic (exact) mass is 381 g/mol. The molecule has 1 atom stereocenters. The first-order valence-corrected chi connectivity index (χ1v) is 9.08. The van der Waals surface area contributed by atoms with Crippen LogP contribution in [0.25, 0.3) is 11.3 Å². The van der Waals surface area contributed by atoms with Crippen molar-refractivity contribution in [3.63, 3.8) is 0 Å². The average Bonchev–Trinajstić information content (AvgIpc) is 3.35. The highest BCUT2D eigenvalue weighted by Gasteiger charge is 2.28. The van der Waals surface area contributed by atoms with E-state index in [4.69, 9.17) is 4.74 Å². The predicted molar refractivity (Wildman–Crippen MR) is 100 cm³/mol. The van der Waals surface area contributed by atoms with Gasteiger partial charge in [0.15, 0.2) is 0 Å². The third-order valence-corrected chi connectivity index (χ3v) is 4.84. The SMILES string of the molecule is Cn1cncc1C(=O)N1CCC(COc2ccc(-c3cccc(F)c3)nn2)C1. The standard InChI is InChI=1S/C20H20FN5O2/c1-25-13-22-10-18(25)20(27)26-8-7-14(11-26)12-28-19-6-5-17(23-24-19)15-3-2-4-16(21)9-15/h2-6,9-10,13-14H,7-8,11-12H2,1H3. The zero-order valence-corrected chi connectivity index (χ0v) is 15.5. The smallest absolute Gasteiger partial charge is 0.272 e. The van der Waals surface area contributed by atoms with Crippen LogP contribution in [0, 0.1) is 11.7 Å². The maximum atomic E-state index is 13.3. The molecule has 1 aliphatic heterocycles. The van der Waals surface area contributed by atoms with Gasteiger partial charge in [-0.15, -0.1) is 10.2 Å². The van der Waals surface area contributed by atoms with Crippen LogP contribution < -0.4 is 4.74 Å². The predicted octanol–water partition coefficient (Wildman–Crippen LogP) is 2.56. The molecule has 0 saturated carbocycles. The van der Waals surface area contributed by atoms with Gasteiger partial charge in [0, 0.05) is 37.7 Å². The fourth-order valence-corrected chi connectivity index (χ4v) is 3.28. The van der Waals surface area contributed by atoms with Gasteiger partial charge in [-0.1, -0.05) is 12.1 Å². The Balaban J connectivity index is 1.32. The molecule has 0 bridgehead atoms. The van der Waals surface area contributed by atoms with Gasteiger partial charge in [0.1, 0.15) is 11.5 Å². The Morgan fingerprint density at radius 3 is 2.89 bits per heavy atom. The largest absolute Gasteiger partial charge is 0.476 e. The summed E-state index contributed by atoms with van der Waals surface area (Å²) >= 11 is 0. The topological polar surface area (TPSA) is 73.1 Å². The van der Waals surface area contributed by atoms with Crippen molar-refractivity contribution in [1.82, 2.24) is 24.6 Å².